The number of fused-ring (bicyclic) bond motifs is 2. The van der Waals surface area contributed by atoms with Gasteiger partial charge in [-0.2, -0.15) is 0 Å². The molecule has 3 nitrogen and oxygen atoms in total. The van der Waals surface area contributed by atoms with Gasteiger partial charge in [0, 0.05) is 6.04 Å². The van der Waals surface area contributed by atoms with Gasteiger partial charge in [0.15, 0.2) is 0 Å². The molecule has 0 heterocycles. The second-order valence-electron chi connectivity index (χ2n) is 7.54. The van der Waals surface area contributed by atoms with Crippen molar-refractivity contribution in [2.45, 2.75) is 65.5 Å². The highest BCUT2D eigenvalue weighted by Gasteiger charge is 2.59. The summed E-state index contributed by atoms with van der Waals surface area (Å²) in [6, 6.07) is 0.268. The first-order chi connectivity index (χ1) is 7.57. The lowest BCUT2D eigenvalue weighted by molar-refractivity contribution is -0.128. The predicted molar refractivity (Wildman–Crippen MR) is 69.4 cm³/mol. The summed E-state index contributed by atoms with van der Waals surface area (Å²) in [5.74, 6) is 0.725. The Bertz CT molecular complexity index is 338. The number of nitrogens with one attached hydrogen (secondary N) is 1. The number of carbonyl (C=O) groups is 1. The Morgan fingerprint density at radius 3 is 2.35 bits per heavy atom. The zero-order valence-electron chi connectivity index (χ0n) is 11.8. The molecule has 3 heteroatoms. The van der Waals surface area contributed by atoms with Crippen molar-refractivity contribution in [1.29, 1.82) is 0 Å². The molecular formula is C14H26N2O. The van der Waals surface area contributed by atoms with Crippen molar-refractivity contribution >= 4 is 5.91 Å². The van der Waals surface area contributed by atoms with Gasteiger partial charge >= 0.3 is 0 Å². The standard InChI is InChI=1S/C14H26N2O/c1-12(2)9-6-7-14(5,8-9)10(12)16-11(17)13(3,4)15/h9-10H,6-8,15H2,1-5H3,(H,16,17). The van der Waals surface area contributed by atoms with Gasteiger partial charge in [-0.3, -0.25) is 4.79 Å². The van der Waals surface area contributed by atoms with Gasteiger partial charge in [0.05, 0.1) is 5.54 Å². The average molecular weight is 238 g/mol. The van der Waals surface area contributed by atoms with Gasteiger partial charge in [-0.1, -0.05) is 20.8 Å². The third-order valence-corrected chi connectivity index (χ3v) is 5.13. The lowest BCUT2D eigenvalue weighted by atomic mass is 9.68. The molecule has 3 atom stereocenters. The number of nitrogens with two attached hydrogens (primary N) is 1. The molecule has 98 valence electrons. The van der Waals surface area contributed by atoms with Crippen LogP contribution in [-0.2, 0) is 4.79 Å². The molecule has 0 aromatic carbocycles. The summed E-state index contributed by atoms with van der Waals surface area (Å²) in [6.07, 6.45) is 3.79. The van der Waals surface area contributed by atoms with Crippen LogP contribution in [0, 0.1) is 16.7 Å². The maximum absolute atomic E-state index is 12.1. The van der Waals surface area contributed by atoms with Crippen molar-refractivity contribution in [3.8, 4) is 0 Å². The molecule has 2 bridgehead atoms. The van der Waals surface area contributed by atoms with E-state index in [1.165, 1.54) is 19.3 Å². The molecule has 2 aliphatic rings. The molecule has 17 heavy (non-hydrogen) atoms. The number of rotatable bonds is 2. The Morgan fingerprint density at radius 1 is 1.35 bits per heavy atom. The zero-order valence-corrected chi connectivity index (χ0v) is 11.8. The van der Waals surface area contributed by atoms with Crippen molar-refractivity contribution in [3.05, 3.63) is 0 Å². The Balaban J connectivity index is 2.19. The van der Waals surface area contributed by atoms with Gasteiger partial charge in [0.1, 0.15) is 0 Å². The normalized spacial score (nSPS) is 39.4. The van der Waals surface area contributed by atoms with Gasteiger partial charge in [-0.15, -0.1) is 0 Å². The molecule has 0 aliphatic heterocycles. The van der Waals surface area contributed by atoms with Crippen LogP contribution in [0.3, 0.4) is 0 Å². The molecule has 0 spiro atoms. The van der Waals surface area contributed by atoms with Crippen molar-refractivity contribution in [1.82, 2.24) is 5.32 Å². The van der Waals surface area contributed by atoms with Crippen LogP contribution >= 0.6 is 0 Å². The number of hydrogen-bond acceptors (Lipinski definition) is 2. The molecule has 0 radical (unpaired) electrons. The molecule has 0 aromatic heterocycles. The van der Waals surface area contributed by atoms with Crippen LogP contribution in [0.1, 0.15) is 53.9 Å². The van der Waals surface area contributed by atoms with Crippen LogP contribution in [0.4, 0.5) is 0 Å². The summed E-state index contributed by atoms with van der Waals surface area (Å²) in [5, 5.41) is 3.22. The summed E-state index contributed by atoms with van der Waals surface area (Å²) in [5.41, 5.74) is 5.57. The van der Waals surface area contributed by atoms with Crippen LogP contribution < -0.4 is 11.1 Å². The van der Waals surface area contributed by atoms with Crippen molar-refractivity contribution in [2.24, 2.45) is 22.5 Å². The van der Waals surface area contributed by atoms with Crippen LogP contribution in [0.25, 0.3) is 0 Å². The van der Waals surface area contributed by atoms with Gasteiger partial charge in [0.2, 0.25) is 5.91 Å². The van der Waals surface area contributed by atoms with E-state index in [4.69, 9.17) is 5.73 Å². The molecule has 3 N–H and O–H groups in total. The Labute approximate surface area is 105 Å². The monoisotopic (exact) mass is 238 g/mol. The van der Waals surface area contributed by atoms with Crippen molar-refractivity contribution in [3.63, 3.8) is 0 Å². The second-order valence-corrected chi connectivity index (χ2v) is 7.54. The molecular weight excluding hydrogens is 212 g/mol. The van der Waals surface area contributed by atoms with E-state index in [0.717, 1.165) is 5.92 Å². The van der Waals surface area contributed by atoms with E-state index in [-0.39, 0.29) is 22.8 Å². The van der Waals surface area contributed by atoms with Gasteiger partial charge < -0.3 is 11.1 Å². The first-order valence-electron chi connectivity index (χ1n) is 6.67. The highest BCUT2D eigenvalue weighted by molar-refractivity contribution is 5.85. The maximum atomic E-state index is 12.1. The Morgan fingerprint density at radius 2 is 1.94 bits per heavy atom. The minimum absolute atomic E-state index is 0.0238. The fraction of sp³-hybridized carbons (Fsp3) is 0.929. The number of carbonyl (C=O) groups excluding carboxylic acids is 1. The third-order valence-electron chi connectivity index (χ3n) is 5.13. The quantitative estimate of drug-likeness (QED) is 0.773. The van der Waals surface area contributed by atoms with Crippen LogP contribution in [-0.4, -0.2) is 17.5 Å². The molecule has 2 aliphatic carbocycles. The smallest absolute Gasteiger partial charge is 0.239 e. The van der Waals surface area contributed by atoms with E-state index < -0.39 is 5.54 Å². The minimum Gasteiger partial charge on any atom is -0.351 e. The Hall–Kier alpha value is -0.570. The zero-order chi connectivity index (χ0) is 13.1. The minimum atomic E-state index is -0.783. The summed E-state index contributed by atoms with van der Waals surface area (Å²) in [6.45, 7) is 10.4. The number of hydrogen-bond donors (Lipinski definition) is 2. The summed E-state index contributed by atoms with van der Waals surface area (Å²) in [4.78, 5) is 12.1. The van der Waals surface area contributed by atoms with E-state index in [1.54, 1.807) is 13.8 Å². The van der Waals surface area contributed by atoms with Gasteiger partial charge in [0.25, 0.3) is 0 Å². The number of amides is 1. The summed E-state index contributed by atoms with van der Waals surface area (Å²) in [7, 11) is 0. The largest absolute Gasteiger partial charge is 0.351 e. The van der Waals surface area contributed by atoms with E-state index in [9.17, 15) is 4.79 Å². The molecule has 1 amide bonds. The van der Waals surface area contributed by atoms with E-state index in [1.807, 2.05) is 0 Å². The van der Waals surface area contributed by atoms with Gasteiger partial charge in [-0.05, 0) is 49.9 Å². The molecule has 3 unspecified atom stereocenters. The fourth-order valence-electron chi connectivity index (χ4n) is 3.98. The highest BCUT2D eigenvalue weighted by atomic mass is 16.2. The van der Waals surface area contributed by atoms with Crippen LogP contribution in [0.5, 0.6) is 0 Å². The fourth-order valence-corrected chi connectivity index (χ4v) is 3.98. The second kappa shape index (κ2) is 3.47. The SMILES string of the molecule is CC(C)(N)C(=O)NC1C2(C)CCC(C2)C1(C)C. The third kappa shape index (κ3) is 1.88. The Kier molecular flexibility index (Phi) is 2.63. The molecule has 2 rings (SSSR count). The lowest BCUT2D eigenvalue weighted by Crippen LogP contribution is -2.59. The molecule has 2 fully saturated rings. The predicted octanol–water partition coefficient (Wildman–Crippen LogP) is 2.05. The average Bonchev–Trinajstić information content (AvgIpc) is 2.62. The van der Waals surface area contributed by atoms with E-state index in [2.05, 4.69) is 26.1 Å². The van der Waals surface area contributed by atoms with Crippen molar-refractivity contribution < 1.29 is 4.79 Å². The molecule has 0 saturated heterocycles. The van der Waals surface area contributed by atoms with Crippen molar-refractivity contribution in [2.75, 3.05) is 0 Å². The highest BCUT2D eigenvalue weighted by Crippen LogP contribution is 2.62. The maximum Gasteiger partial charge on any atom is 0.239 e. The first-order valence-corrected chi connectivity index (χ1v) is 6.67. The molecule has 2 saturated carbocycles. The van der Waals surface area contributed by atoms with Gasteiger partial charge in [-0.25, -0.2) is 0 Å². The van der Waals surface area contributed by atoms with E-state index in [0.29, 0.717) is 0 Å². The first kappa shape index (κ1) is 12.9. The summed E-state index contributed by atoms with van der Waals surface area (Å²) >= 11 is 0. The van der Waals surface area contributed by atoms with Crippen LogP contribution in [0.2, 0.25) is 0 Å². The molecule has 0 aromatic rings. The van der Waals surface area contributed by atoms with Crippen LogP contribution in [0.15, 0.2) is 0 Å². The topological polar surface area (TPSA) is 55.1 Å². The van der Waals surface area contributed by atoms with E-state index >= 15 is 0 Å². The summed E-state index contributed by atoms with van der Waals surface area (Å²) < 4.78 is 0. The lowest BCUT2D eigenvalue weighted by Gasteiger charge is -2.44.